The van der Waals surface area contributed by atoms with E-state index in [4.69, 9.17) is 5.26 Å². The fraction of sp³-hybridized carbons (Fsp3) is 0.250. The number of nitrogens with zero attached hydrogens (tertiary/aromatic N) is 2. The van der Waals surface area contributed by atoms with Crippen LogP contribution >= 0.6 is 0 Å². The summed E-state index contributed by atoms with van der Waals surface area (Å²) in [5.74, 6) is 0.255. The van der Waals surface area contributed by atoms with Gasteiger partial charge in [-0.2, -0.15) is 5.26 Å². The highest BCUT2D eigenvalue weighted by Crippen LogP contribution is 2.22. The Morgan fingerprint density at radius 1 is 1.26 bits per heavy atom. The van der Waals surface area contributed by atoms with E-state index in [1.165, 1.54) is 0 Å². The molecule has 0 unspecified atom stereocenters. The van der Waals surface area contributed by atoms with Crippen LogP contribution in [0.2, 0.25) is 0 Å². The topological polar surface area (TPSA) is 45.8 Å². The molecule has 3 heteroatoms. The lowest BCUT2D eigenvalue weighted by atomic mass is 9.95. The fourth-order valence-corrected chi connectivity index (χ4v) is 2.62. The fourth-order valence-electron chi connectivity index (χ4n) is 2.62. The molecule has 0 N–H and O–H groups in total. The molecule has 1 aliphatic carbocycles. The molecule has 0 amide bonds. The summed E-state index contributed by atoms with van der Waals surface area (Å²) in [4.78, 5) is 11.8. The Balaban J connectivity index is 1.88. The van der Waals surface area contributed by atoms with Gasteiger partial charge in [-0.3, -0.25) is 4.79 Å². The second-order valence-corrected chi connectivity index (χ2v) is 4.96. The van der Waals surface area contributed by atoms with Gasteiger partial charge in [-0.15, -0.1) is 0 Å². The van der Waals surface area contributed by atoms with Crippen molar-refractivity contribution >= 4 is 5.78 Å². The highest BCUT2D eigenvalue weighted by Gasteiger charge is 2.18. The number of benzene rings is 1. The van der Waals surface area contributed by atoms with Gasteiger partial charge in [0.25, 0.3) is 0 Å². The van der Waals surface area contributed by atoms with Crippen LogP contribution in [0.25, 0.3) is 0 Å². The van der Waals surface area contributed by atoms with Crippen LogP contribution in [0.3, 0.4) is 0 Å². The predicted molar refractivity (Wildman–Crippen MR) is 72.0 cm³/mol. The van der Waals surface area contributed by atoms with E-state index in [2.05, 4.69) is 12.3 Å². The number of nitriles is 1. The molecule has 0 radical (unpaired) electrons. The van der Waals surface area contributed by atoms with Crippen molar-refractivity contribution in [1.29, 1.82) is 5.26 Å². The van der Waals surface area contributed by atoms with Crippen LogP contribution in [0, 0.1) is 11.3 Å². The Kier molecular flexibility index (Phi) is 2.92. The summed E-state index contributed by atoms with van der Waals surface area (Å²) in [6, 6.07) is 9.73. The van der Waals surface area contributed by atoms with E-state index < -0.39 is 0 Å². The summed E-state index contributed by atoms with van der Waals surface area (Å²) < 4.78 is 2.05. The number of carbonyl (C=O) groups is 1. The number of aryl methyl sites for hydroxylation is 1. The first-order chi connectivity index (χ1) is 9.26. The summed E-state index contributed by atoms with van der Waals surface area (Å²) in [6.45, 7) is 0.704. The third-order valence-electron chi connectivity index (χ3n) is 3.53. The van der Waals surface area contributed by atoms with Gasteiger partial charge in [0.1, 0.15) is 0 Å². The van der Waals surface area contributed by atoms with Gasteiger partial charge in [-0.1, -0.05) is 12.1 Å². The normalized spacial score (nSPS) is 13.9. The monoisotopic (exact) mass is 250 g/mol. The van der Waals surface area contributed by atoms with Crippen molar-refractivity contribution < 1.29 is 4.79 Å². The first-order valence-electron chi connectivity index (χ1n) is 6.47. The van der Waals surface area contributed by atoms with E-state index in [9.17, 15) is 4.79 Å². The lowest BCUT2D eigenvalue weighted by molar-refractivity contribution is 0.0973. The van der Waals surface area contributed by atoms with Crippen molar-refractivity contribution in [2.45, 2.75) is 25.8 Å². The van der Waals surface area contributed by atoms with Crippen molar-refractivity contribution in [3.8, 4) is 6.07 Å². The minimum atomic E-state index is 0.255. The van der Waals surface area contributed by atoms with Gasteiger partial charge < -0.3 is 4.57 Å². The van der Waals surface area contributed by atoms with Crippen LogP contribution in [0.5, 0.6) is 0 Å². The Hall–Kier alpha value is -2.34. The first-order valence-corrected chi connectivity index (χ1v) is 6.47. The zero-order valence-electron chi connectivity index (χ0n) is 10.6. The molecule has 0 saturated heterocycles. The Morgan fingerprint density at radius 3 is 2.95 bits per heavy atom. The molecule has 2 aromatic rings. The van der Waals surface area contributed by atoms with Crippen LogP contribution in [0.4, 0.5) is 0 Å². The molecule has 0 aliphatic heterocycles. The van der Waals surface area contributed by atoms with Gasteiger partial charge in [0.2, 0.25) is 0 Å². The Morgan fingerprint density at radius 2 is 2.16 bits per heavy atom. The number of rotatable bonds is 2. The third-order valence-corrected chi connectivity index (χ3v) is 3.53. The van der Waals surface area contributed by atoms with Crippen LogP contribution < -0.4 is 0 Å². The average molecular weight is 250 g/mol. The van der Waals surface area contributed by atoms with Gasteiger partial charge in [-0.05, 0) is 36.1 Å². The van der Waals surface area contributed by atoms with Gasteiger partial charge in [0, 0.05) is 30.9 Å². The van der Waals surface area contributed by atoms with Crippen molar-refractivity contribution in [1.82, 2.24) is 4.57 Å². The van der Waals surface area contributed by atoms with Crippen molar-refractivity contribution in [2.24, 2.45) is 0 Å². The van der Waals surface area contributed by atoms with Crippen LogP contribution in [0.1, 0.15) is 39.9 Å². The van der Waals surface area contributed by atoms with Gasteiger partial charge in [0.15, 0.2) is 5.78 Å². The van der Waals surface area contributed by atoms with Gasteiger partial charge >= 0.3 is 0 Å². The summed E-state index contributed by atoms with van der Waals surface area (Å²) >= 11 is 0. The molecular formula is C16H14N2O. The van der Waals surface area contributed by atoms with E-state index in [1.54, 1.807) is 6.07 Å². The van der Waals surface area contributed by atoms with E-state index in [0.29, 0.717) is 18.5 Å². The first kappa shape index (κ1) is 11.7. The van der Waals surface area contributed by atoms with E-state index in [0.717, 1.165) is 29.5 Å². The smallest absolute Gasteiger partial charge is 0.164 e. The number of fused-ring (bicyclic) bond motifs is 1. The minimum absolute atomic E-state index is 0.255. The highest BCUT2D eigenvalue weighted by molar-refractivity contribution is 5.98. The van der Waals surface area contributed by atoms with Crippen molar-refractivity contribution in [2.75, 3.05) is 0 Å². The average Bonchev–Trinajstić information content (AvgIpc) is 2.83. The molecule has 3 nitrogen and oxygen atoms in total. The number of Topliss-reactive ketones (excluding diaryl/α,β-unsaturated/α-hetero) is 1. The van der Waals surface area contributed by atoms with E-state index >= 15 is 0 Å². The SMILES string of the molecule is N#Cc1cccc(Cn2cc3c(c2)C(=O)CCC3)c1. The molecule has 94 valence electrons. The largest absolute Gasteiger partial charge is 0.349 e. The second kappa shape index (κ2) is 4.74. The number of hydrogen-bond acceptors (Lipinski definition) is 2. The number of aromatic nitrogens is 1. The lowest BCUT2D eigenvalue weighted by Gasteiger charge is -2.07. The maximum atomic E-state index is 11.8. The summed E-state index contributed by atoms with van der Waals surface area (Å²) in [5, 5.41) is 8.89. The Bertz CT molecular complexity index is 676. The molecule has 0 atom stereocenters. The maximum Gasteiger partial charge on any atom is 0.164 e. The predicted octanol–water partition coefficient (Wildman–Crippen LogP) is 2.93. The quantitative estimate of drug-likeness (QED) is 0.822. The second-order valence-electron chi connectivity index (χ2n) is 4.96. The molecule has 0 saturated carbocycles. The van der Waals surface area contributed by atoms with Crippen LogP contribution in [-0.2, 0) is 13.0 Å². The van der Waals surface area contributed by atoms with E-state index in [-0.39, 0.29) is 5.78 Å². The van der Waals surface area contributed by atoms with Gasteiger partial charge in [0.05, 0.1) is 11.6 Å². The van der Waals surface area contributed by atoms with Crippen LogP contribution in [-0.4, -0.2) is 10.4 Å². The maximum absolute atomic E-state index is 11.8. The Labute approximate surface area is 112 Å². The highest BCUT2D eigenvalue weighted by atomic mass is 16.1. The molecule has 3 rings (SSSR count). The molecule has 19 heavy (non-hydrogen) atoms. The van der Waals surface area contributed by atoms with E-state index in [1.807, 2.05) is 29.0 Å². The molecule has 1 aliphatic rings. The van der Waals surface area contributed by atoms with Crippen LogP contribution in [0.15, 0.2) is 36.7 Å². The summed E-state index contributed by atoms with van der Waals surface area (Å²) in [7, 11) is 0. The molecule has 1 aromatic carbocycles. The minimum Gasteiger partial charge on any atom is -0.349 e. The standard InChI is InChI=1S/C16H14N2O/c17-8-12-3-1-4-13(7-12)9-18-10-14-5-2-6-16(19)15(14)11-18/h1,3-4,7,10-11H,2,5-6,9H2. The molecule has 0 bridgehead atoms. The summed E-state index contributed by atoms with van der Waals surface area (Å²) in [6.07, 6.45) is 6.62. The van der Waals surface area contributed by atoms with Gasteiger partial charge in [-0.25, -0.2) is 0 Å². The molecule has 1 aromatic heterocycles. The molecular weight excluding hydrogens is 236 g/mol. The number of hydrogen-bond donors (Lipinski definition) is 0. The third kappa shape index (κ3) is 2.30. The number of ketones is 1. The summed E-state index contributed by atoms with van der Waals surface area (Å²) in [5.41, 5.74) is 3.79. The molecule has 0 fully saturated rings. The molecule has 0 spiro atoms. The lowest BCUT2D eigenvalue weighted by Crippen LogP contribution is -2.07. The molecule has 1 heterocycles. The zero-order valence-corrected chi connectivity index (χ0v) is 10.6. The zero-order chi connectivity index (χ0) is 13.2. The van der Waals surface area contributed by atoms with Crippen molar-refractivity contribution in [3.05, 3.63) is 58.9 Å². The van der Waals surface area contributed by atoms with Crippen molar-refractivity contribution in [3.63, 3.8) is 0 Å². The number of carbonyl (C=O) groups excluding carboxylic acids is 1.